The highest BCUT2D eigenvalue weighted by molar-refractivity contribution is 5.94. The highest BCUT2D eigenvalue weighted by Crippen LogP contribution is 2.06. The maximum absolute atomic E-state index is 11.7. The van der Waals surface area contributed by atoms with Gasteiger partial charge >= 0.3 is 0 Å². The maximum atomic E-state index is 11.7. The second kappa shape index (κ2) is 6.52. The third-order valence-corrected chi connectivity index (χ3v) is 2.74. The van der Waals surface area contributed by atoms with Gasteiger partial charge in [-0.25, -0.2) is 0 Å². The van der Waals surface area contributed by atoms with Gasteiger partial charge in [0, 0.05) is 19.7 Å². The van der Waals surface area contributed by atoms with Gasteiger partial charge in [-0.05, 0) is 29.8 Å². The molecule has 0 saturated carbocycles. The van der Waals surface area contributed by atoms with Gasteiger partial charge < -0.3 is 4.90 Å². The van der Waals surface area contributed by atoms with Crippen molar-refractivity contribution in [1.82, 2.24) is 4.90 Å². The molecule has 0 atom stereocenters. The molecule has 102 valence electrons. The van der Waals surface area contributed by atoms with E-state index in [4.69, 9.17) is 0 Å². The summed E-state index contributed by atoms with van der Waals surface area (Å²) in [6.07, 6.45) is 1.72. The van der Waals surface area contributed by atoms with Crippen LogP contribution in [0.4, 0.5) is 5.69 Å². The summed E-state index contributed by atoms with van der Waals surface area (Å²) in [6.45, 7) is 0. The Bertz CT molecular complexity index is 589. The van der Waals surface area contributed by atoms with Crippen molar-refractivity contribution < 1.29 is 4.79 Å². The lowest BCUT2D eigenvalue weighted by atomic mass is 10.1. The van der Waals surface area contributed by atoms with Crippen LogP contribution in [0.25, 0.3) is 0 Å². The van der Waals surface area contributed by atoms with Crippen LogP contribution in [0.15, 0.2) is 59.7 Å². The second-order valence-corrected chi connectivity index (χ2v) is 4.56. The van der Waals surface area contributed by atoms with E-state index in [0.29, 0.717) is 5.56 Å². The Labute approximate surface area is 118 Å². The predicted molar refractivity (Wildman–Crippen MR) is 82.1 cm³/mol. The van der Waals surface area contributed by atoms with Crippen LogP contribution in [-0.2, 0) is 0 Å². The minimum atomic E-state index is -0.00380. The number of benzene rings is 2. The van der Waals surface area contributed by atoms with E-state index in [1.165, 1.54) is 0 Å². The molecular weight excluding hydrogens is 250 g/mol. The van der Waals surface area contributed by atoms with Crippen molar-refractivity contribution in [3.63, 3.8) is 0 Å². The third kappa shape index (κ3) is 3.68. The van der Waals surface area contributed by atoms with Gasteiger partial charge in [0.1, 0.15) is 0 Å². The molecule has 0 aliphatic heterocycles. The van der Waals surface area contributed by atoms with Crippen molar-refractivity contribution in [2.75, 3.05) is 19.5 Å². The lowest BCUT2D eigenvalue weighted by Crippen LogP contribution is -2.21. The molecule has 1 amide bonds. The van der Waals surface area contributed by atoms with Crippen LogP contribution < -0.4 is 5.43 Å². The number of anilines is 1. The van der Waals surface area contributed by atoms with Crippen molar-refractivity contribution in [3.05, 3.63) is 65.7 Å². The van der Waals surface area contributed by atoms with E-state index in [1.54, 1.807) is 37.3 Å². The van der Waals surface area contributed by atoms with E-state index in [0.717, 1.165) is 11.3 Å². The topological polar surface area (TPSA) is 44.7 Å². The summed E-state index contributed by atoms with van der Waals surface area (Å²) in [7, 11) is 3.48. The van der Waals surface area contributed by atoms with E-state index in [-0.39, 0.29) is 5.91 Å². The van der Waals surface area contributed by atoms with E-state index in [9.17, 15) is 4.79 Å². The summed E-state index contributed by atoms with van der Waals surface area (Å²) in [5.74, 6) is -0.00380. The van der Waals surface area contributed by atoms with E-state index in [2.05, 4.69) is 10.5 Å². The molecule has 2 rings (SSSR count). The van der Waals surface area contributed by atoms with Gasteiger partial charge in [-0.15, -0.1) is 0 Å². The minimum Gasteiger partial charge on any atom is -0.345 e. The number of rotatable bonds is 4. The van der Waals surface area contributed by atoms with Gasteiger partial charge in [0.25, 0.3) is 5.91 Å². The molecule has 0 aliphatic rings. The first-order chi connectivity index (χ1) is 9.66. The monoisotopic (exact) mass is 267 g/mol. The third-order valence-electron chi connectivity index (χ3n) is 2.74. The standard InChI is InChI=1S/C16H17N3O/c1-19(2)16(20)14-10-8-13(9-11-14)12-17-18-15-6-4-3-5-7-15/h3-12,18H,1-2H3. The lowest BCUT2D eigenvalue weighted by molar-refractivity contribution is 0.0827. The van der Waals surface area contributed by atoms with Crippen molar-refractivity contribution >= 4 is 17.8 Å². The summed E-state index contributed by atoms with van der Waals surface area (Å²) in [6, 6.07) is 17.1. The molecule has 0 spiro atoms. The fraction of sp³-hybridized carbons (Fsp3) is 0.125. The average molecular weight is 267 g/mol. The average Bonchev–Trinajstić information content (AvgIpc) is 2.48. The Hall–Kier alpha value is -2.62. The maximum Gasteiger partial charge on any atom is 0.253 e. The van der Waals surface area contributed by atoms with E-state index < -0.39 is 0 Å². The molecule has 0 fully saturated rings. The van der Waals surface area contributed by atoms with Crippen molar-refractivity contribution in [2.24, 2.45) is 5.10 Å². The number of amides is 1. The van der Waals surface area contributed by atoms with Crippen LogP contribution in [0.1, 0.15) is 15.9 Å². The summed E-state index contributed by atoms with van der Waals surface area (Å²) >= 11 is 0. The zero-order valence-corrected chi connectivity index (χ0v) is 11.6. The van der Waals surface area contributed by atoms with Gasteiger partial charge in [0.15, 0.2) is 0 Å². The van der Waals surface area contributed by atoms with Crippen LogP contribution in [0.2, 0.25) is 0 Å². The first-order valence-corrected chi connectivity index (χ1v) is 6.32. The number of carbonyl (C=O) groups is 1. The van der Waals surface area contributed by atoms with Gasteiger partial charge in [0.2, 0.25) is 0 Å². The van der Waals surface area contributed by atoms with Crippen molar-refractivity contribution in [3.8, 4) is 0 Å². The molecule has 20 heavy (non-hydrogen) atoms. The van der Waals surface area contributed by atoms with Crippen molar-refractivity contribution in [2.45, 2.75) is 0 Å². The Balaban J connectivity index is 1.99. The quantitative estimate of drug-likeness (QED) is 0.684. The summed E-state index contributed by atoms with van der Waals surface area (Å²) in [5.41, 5.74) is 5.48. The highest BCUT2D eigenvalue weighted by atomic mass is 16.2. The predicted octanol–water partition coefficient (Wildman–Crippen LogP) is 2.83. The fourth-order valence-electron chi connectivity index (χ4n) is 1.66. The zero-order chi connectivity index (χ0) is 14.4. The normalized spacial score (nSPS) is 10.5. The molecule has 0 radical (unpaired) electrons. The fourth-order valence-corrected chi connectivity index (χ4v) is 1.66. The Kier molecular flexibility index (Phi) is 4.50. The van der Waals surface area contributed by atoms with Crippen LogP contribution in [0.3, 0.4) is 0 Å². The molecule has 0 aromatic heterocycles. The Morgan fingerprint density at radius 3 is 2.30 bits per heavy atom. The van der Waals surface area contributed by atoms with Crippen LogP contribution in [0, 0.1) is 0 Å². The molecule has 1 N–H and O–H groups in total. The number of carbonyl (C=O) groups excluding carboxylic acids is 1. The summed E-state index contributed by atoms with van der Waals surface area (Å²) in [4.78, 5) is 13.3. The molecule has 0 bridgehead atoms. The van der Waals surface area contributed by atoms with Crippen LogP contribution in [-0.4, -0.2) is 31.1 Å². The van der Waals surface area contributed by atoms with E-state index >= 15 is 0 Å². The first-order valence-electron chi connectivity index (χ1n) is 6.32. The van der Waals surface area contributed by atoms with Crippen LogP contribution in [0.5, 0.6) is 0 Å². The SMILES string of the molecule is CN(C)C(=O)c1ccc(C=NNc2ccccc2)cc1. The molecule has 0 saturated heterocycles. The summed E-state index contributed by atoms with van der Waals surface area (Å²) < 4.78 is 0. The largest absolute Gasteiger partial charge is 0.345 e. The molecule has 0 aliphatic carbocycles. The minimum absolute atomic E-state index is 0.00380. The second-order valence-electron chi connectivity index (χ2n) is 4.56. The number of para-hydroxylation sites is 1. The highest BCUT2D eigenvalue weighted by Gasteiger charge is 2.06. The molecule has 0 heterocycles. The lowest BCUT2D eigenvalue weighted by Gasteiger charge is -2.09. The Morgan fingerprint density at radius 1 is 1.05 bits per heavy atom. The van der Waals surface area contributed by atoms with Gasteiger partial charge in [-0.2, -0.15) is 5.10 Å². The molecule has 2 aromatic rings. The van der Waals surface area contributed by atoms with Crippen molar-refractivity contribution in [1.29, 1.82) is 0 Å². The molecule has 0 unspecified atom stereocenters. The molecule has 4 heteroatoms. The zero-order valence-electron chi connectivity index (χ0n) is 11.6. The van der Waals surface area contributed by atoms with Crippen LogP contribution >= 0.6 is 0 Å². The summed E-state index contributed by atoms with van der Waals surface area (Å²) in [5, 5.41) is 4.15. The molecule has 4 nitrogen and oxygen atoms in total. The number of nitrogens with zero attached hydrogens (tertiary/aromatic N) is 2. The Morgan fingerprint density at radius 2 is 1.70 bits per heavy atom. The number of nitrogens with one attached hydrogen (secondary N) is 1. The number of hydrogen-bond acceptors (Lipinski definition) is 3. The smallest absolute Gasteiger partial charge is 0.253 e. The van der Waals surface area contributed by atoms with Gasteiger partial charge in [-0.3, -0.25) is 10.2 Å². The first kappa shape index (κ1) is 13.8. The number of hydrogen-bond donors (Lipinski definition) is 1. The van der Waals surface area contributed by atoms with Gasteiger partial charge in [-0.1, -0.05) is 30.3 Å². The molecular formula is C16H17N3O. The van der Waals surface area contributed by atoms with E-state index in [1.807, 2.05) is 42.5 Å². The van der Waals surface area contributed by atoms with Gasteiger partial charge in [0.05, 0.1) is 11.9 Å². The number of hydrazone groups is 1. The molecule has 2 aromatic carbocycles.